The third-order valence-electron chi connectivity index (χ3n) is 3.81. The van der Waals surface area contributed by atoms with Crippen molar-refractivity contribution in [1.29, 1.82) is 0 Å². The summed E-state index contributed by atoms with van der Waals surface area (Å²) in [5.41, 5.74) is 0.126. The van der Waals surface area contributed by atoms with Crippen molar-refractivity contribution < 1.29 is 28.6 Å². The molecule has 1 amide bonds. The number of carboxylic acid groups (broad SMARTS) is 1. The highest BCUT2D eigenvalue weighted by molar-refractivity contribution is 5.88. The van der Waals surface area contributed by atoms with Gasteiger partial charge in [0.05, 0.1) is 32.3 Å². The third kappa shape index (κ3) is 5.07. The topological polar surface area (TPSA) is 89.2 Å². The van der Waals surface area contributed by atoms with Crippen LogP contribution in [0.3, 0.4) is 0 Å². The van der Waals surface area contributed by atoms with E-state index >= 15 is 0 Å². The van der Waals surface area contributed by atoms with E-state index in [2.05, 4.69) is 0 Å². The van der Waals surface area contributed by atoms with E-state index in [0.29, 0.717) is 24.7 Å². The van der Waals surface area contributed by atoms with E-state index in [1.54, 1.807) is 14.0 Å². The molecule has 0 aliphatic carbocycles. The van der Waals surface area contributed by atoms with E-state index in [1.807, 2.05) is 0 Å². The van der Waals surface area contributed by atoms with Crippen LogP contribution in [0.1, 0.15) is 41.1 Å². The number of hydrogen-bond donors (Lipinski definition) is 1. The lowest BCUT2D eigenvalue weighted by molar-refractivity contribution is -0.132. The zero-order valence-corrected chi connectivity index (χ0v) is 13.5. The molecule has 1 N–H and O–H groups in total. The van der Waals surface area contributed by atoms with Gasteiger partial charge in [-0.05, 0) is 25.8 Å². The van der Waals surface area contributed by atoms with Gasteiger partial charge in [-0.2, -0.15) is 0 Å². The summed E-state index contributed by atoms with van der Waals surface area (Å²) in [6, 6.07) is 1.45. The molecule has 0 aromatic carbocycles. The number of carbonyl (C=O) groups is 2. The van der Waals surface area contributed by atoms with Crippen molar-refractivity contribution in [3.63, 3.8) is 0 Å². The number of amides is 1. The highest BCUT2D eigenvalue weighted by Crippen LogP contribution is 2.16. The monoisotopic (exact) mass is 325 g/mol. The first-order chi connectivity index (χ1) is 11.0. The number of carboxylic acids is 1. The van der Waals surface area contributed by atoms with Crippen molar-refractivity contribution in [2.45, 2.75) is 38.8 Å². The third-order valence-corrected chi connectivity index (χ3v) is 3.81. The minimum absolute atomic E-state index is 0.0803. The van der Waals surface area contributed by atoms with Crippen LogP contribution >= 0.6 is 0 Å². The lowest BCUT2D eigenvalue weighted by Crippen LogP contribution is -2.27. The zero-order chi connectivity index (χ0) is 16.8. The molecular weight excluding hydrogens is 302 g/mol. The number of aryl methyl sites for hydroxylation is 1. The van der Waals surface area contributed by atoms with Crippen molar-refractivity contribution in [2.24, 2.45) is 0 Å². The molecule has 7 nitrogen and oxygen atoms in total. The molecule has 0 bridgehead atoms. The van der Waals surface area contributed by atoms with Gasteiger partial charge in [0.15, 0.2) is 0 Å². The highest BCUT2D eigenvalue weighted by atomic mass is 16.5. The largest absolute Gasteiger partial charge is 0.478 e. The molecule has 1 saturated heterocycles. The van der Waals surface area contributed by atoms with Crippen molar-refractivity contribution in [2.75, 3.05) is 26.9 Å². The fourth-order valence-electron chi connectivity index (χ4n) is 2.50. The second-order valence-corrected chi connectivity index (χ2v) is 5.70. The van der Waals surface area contributed by atoms with E-state index in [-0.39, 0.29) is 30.5 Å². The number of aromatic carboxylic acids is 1. The summed E-state index contributed by atoms with van der Waals surface area (Å²) in [5, 5.41) is 8.99. The number of furan rings is 1. The van der Waals surface area contributed by atoms with Crippen LogP contribution in [0.15, 0.2) is 10.5 Å². The van der Waals surface area contributed by atoms with Gasteiger partial charge in [0, 0.05) is 13.7 Å². The summed E-state index contributed by atoms with van der Waals surface area (Å²) in [5.74, 6) is -0.318. The van der Waals surface area contributed by atoms with E-state index in [1.165, 1.54) is 11.0 Å². The van der Waals surface area contributed by atoms with Crippen LogP contribution in [0.4, 0.5) is 0 Å². The minimum atomic E-state index is -1.03. The number of ether oxygens (including phenoxy) is 2. The fourth-order valence-corrected chi connectivity index (χ4v) is 2.50. The second-order valence-electron chi connectivity index (χ2n) is 5.70. The molecular formula is C16H23NO6. The van der Waals surface area contributed by atoms with Crippen molar-refractivity contribution in [3.05, 3.63) is 23.2 Å². The Kier molecular flexibility index (Phi) is 6.18. The molecule has 23 heavy (non-hydrogen) atoms. The summed E-state index contributed by atoms with van der Waals surface area (Å²) in [6.07, 6.45) is 2.51. The second kappa shape index (κ2) is 8.12. The Labute approximate surface area is 135 Å². The molecule has 1 aliphatic rings. The molecule has 128 valence electrons. The molecule has 1 aromatic heterocycles. The van der Waals surface area contributed by atoms with Gasteiger partial charge in [0.1, 0.15) is 17.1 Å². The summed E-state index contributed by atoms with van der Waals surface area (Å²) < 4.78 is 16.3. The van der Waals surface area contributed by atoms with Gasteiger partial charge >= 0.3 is 5.97 Å². The molecule has 1 aromatic rings. The number of carbonyl (C=O) groups excluding carboxylic acids is 1. The maximum Gasteiger partial charge on any atom is 0.339 e. The van der Waals surface area contributed by atoms with Crippen LogP contribution in [0.25, 0.3) is 0 Å². The Morgan fingerprint density at radius 2 is 2.26 bits per heavy atom. The van der Waals surface area contributed by atoms with Gasteiger partial charge in [0.25, 0.3) is 0 Å². The Morgan fingerprint density at radius 1 is 1.48 bits per heavy atom. The summed E-state index contributed by atoms with van der Waals surface area (Å²) in [7, 11) is 1.65. The molecule has 2 rings (SSSR count). The Balaban J connectivity index is 1.71. The van der Waals surface area contributed by atoms with Crippen molar-refractivity contribution in [1.82, 2.24) is 4.90 Å². The average molecular weight is 325 g/mol. The molecule has 0 saturated carbocycles. The lowest BCUT2D eigenvalue weighted by atomic mass is 10.2. The van der Waals surface area contributed by atoms with Gasteiger partial charge in [-0.15, -0.1) is 0 Å². The molecule has 0 radical (unpaired) electrons. The summed E-state index contributed by atoms with van der Waals surface area (Å²) in [6.45, 7) is 3.49. The summed E-state index contributed by atoms with van der Waals surface area (Å²) in [4.78, 5) is 24.5. The maximum atomic E-state index is 12.0. The average Bonchev–Trinajstić information content (AvgIpc) is 3.12. The first kappa shape index (κ1) is 17.5. The Hall–Kier alpha value is -1.86. The van der Waals surface area contributed by atoms with Crippen molar-refractivity contribution in [3.8, 4) is 0 Å². The zero-order valence-electron chi connectivity index (χ0n) is 13.5. The fraction of sp³-hybridized carbons (Fsp3) is 0.625. The van der Waals surface area contributed by atoms with E-state index in [9.17, 15) is 9.59 Å². The SMILES string of the molecule is Cc1oc(CN(C)C(=O)CCOC[C@@H]2CCCO2)cc1C(=O)O. The van der Waals surface area contributed by atoms with Gasteiger partial charge < -0.3 is 23.9 Å². The van der Waals surface area contributed by atoms with Gasteiger partial charge in [-0.25, -0.2) is 4.79 Å². The highest BCUT2D eigenvalue weighted by Gasteiger charge is 2.18. The van der Waals surface area contributed by atoms with Crippen LogP contribution in [-0.4, -0.2) is 54.9 Å². The smallest absolute Gasteiger partial charge is 0.339 e. The predicted octanol–water partition coefficient (Wildman–Crippen LogP) is 1.83. The summed E-state index contributed by atoms with van der Waals surface area (Å²) >= 11 is 0. The molecule has 2 heterocycles. The molecule has 0 spiro atoms. The predicted molar refractivity (Wildman–Crippen MR) is 81.3 cm³/mol. The van der Waals surface area contributed by atoms with Crippen molar-refractivity contribution >= 4 is 11.9 Å². The standard InChI is InChI=1S/C16H23NO6/c1-11-14(16(19)20)8-13(23-11)9-17(2)15(18)5-7-21-10-12-4-3-6-22-12/h8,12H,3-7,9-10H2,1-2H3,(H,19,20)/t12-/m0/s1. The number of hydrogen-bond acceptors (Lipinski definition) is 5. The lowest BCUT2D eigenvalue weighted by Gasteiger charge is -2.16. The van der Waals surface area contributed by atoms with Crippen LogP contribution in [0.2, 0.25) is 0 Å². The van der Waals surface area contributed by atoms with E-state index < -0.39 is 5.97 Å². The van der Waals surface area contributed by atoms with Crippen LogP contribution in [0.5, 0.6) is 0 Å². The van der Waals surface area contributed by atoms with Gasteiger partial charge in [0.2, 0.25) is 5.91 Å². The quantitative estimate of drug-likeness (QED) is 0.734. The van der Waals surface area contributed by atoms with E-state index in [0.717, 1.165) is 19.4 Å². The molecule has 7 heteroatoms. The number of nitrogens with zero attached hydrogens (tertiary/aromatic N) is 1. The molecule has 1 atom stereocenters. The van der Waals surface area contributed by atoms with Crippen LogP contribution in [0, 0.1) is 6.92 Å². The number of rotatable bonds is 8. The first-order valence-electron chi connectivity index (χ1n) is 7.73. The first-order valence-corrected chi connectivity index (χ1v) is 7.73. The Bertz CT molecular complexity index is 547. The van der Waals surface area contributed by atoms with Gasteiger partial charge in [-0.1, -0.05) is 0 Å². The molecule has 0 unspecified atom stereocenters. The van der Waals surface area contributed by atoms with E-state index in [4.69, 9.17) is 19.0 Å². The van der Waals surface area contributed by atoms with Crippen LogP contribution in [-0.2, 0) is 20.8 Å². The minimum Gasteiger partial charge on any atom is -0.478 e. The van der Waals surface area contributed by atoms with Crippen LogP contribution < -0.4 is 0 Å². The Morgan fingerprint density at radius 3 is 2.87 bits per heavy atom. The maximum absolute atomic E-state index is 12.0. The molecule has 1 fully saturated rings. The normalized spacial score (nSPS) is 17.4. The van der Waals surface area contributed by atoms with Gasteiger partial charge in [-0.3, -0.25) is 4.79 Å². The molecule has 1 aliphatic heterocycles.